The summed E-state index contributed by atoms with van der Waals surface area (Å²) in [7, 11) is 0. The molecule has 6 heteroatoms. The van der Waals surface area contributed by atoms with Gasteiger partial charge in [0.25, 0.3) is 0 Å². The summed E-state index contributed by atoms with van der Waals surface area (Å²) >= 11 is 0. The van der Waals surface area contributed by atoms with E-state index in [1.807, 2.05) is 60.7 Å². The van der Waals surface area contributed by atoms with Crippen molar-refractivity contribution in [2.24, 2.45) is 0 Å². The Hall–Kier alpha value is -4.03. The summed E-state index contributed by atoms with van der Waals surface area (Å²) in [4.78, 5) is 22.3. The predicted molar refractivity (Wildman–Crippen MR) is 126 cm³/mol. The summed E-state index contributed by atoms with van der Waals surface area (Å²) in [5.74, 6) is 0. The number of amides is 1. The molecule has 0 bridgehead atoms. The molecule has 2 aromatic carbocycles. The zero-order chi connectivity index (χ0) is 23.1. The molecule has 6 nitrogen and oxygen atoms in total. The van der Waals surface area contributed by atoms with Gasteiger partial charge >= 0.3 is 6.09 Å². The van der Waals surface area contributed by atoms with Crippen LogP contribution >= 0.6 is 0 Å². The average Bonchev–Trinajstić information content (AvgIpc) is 2.88. The molecule has 4 aromatic rings. The Labute approximate surface area is 192 Å². The van der Waals surface area contributed by atoms with Crippen molar-refractivity contribution in [3.8, 4) is 0 Å². The second kappa shape index (κ2) is 10.1. The smallest absolute Gasteiger partial charge is 0.407 e. The standard InChI is InChI=1S/C27H25N3O3/c31-26(32)30(18-15-21-9-3-1-4-10-21)25(22-11-5-2-6-12-22)27(33,23-13-7-16-28-19-23)24-14-8-17-29-20-24/h1-14,16-17,19-20,25,33H,15,18H2,(H,31,32)/t25-/m1/s1. The highest BCUT2D eigenvalue weighted by Gasteiger charge is 2.46. The van der Waals surface area contributed by atoms with E-state index in [1.54, 1.807) is 49.1 Å². The van der Waals surface area contributed by atoms with E-state index >= 15 is 0 Å². The fraction of sp³-hybridized carbons (Fsp3) is 0.148. The van der Waals surface area contributed by atoms with Crippen molar-refractivity contribution in [2.45, 2.75) is 18.1 Å². The maximum absolute atomic E-state index is 12.6. The van der Waals surface area contributed by atoms with Gasteiger partial charge in [0, 0.05) is 42.5 Å². The predicted octanol–water partition coefficient (Wildman–Crippen LogP) is 4.68. The fourth-order valence-electron chi connectivity index (χ4n) is 4.17. The highest BCUT2D eigenvalue weighted by atomic mass is 16.4. The van der Waals surface area contributed by atoms with Crippen molar-refractivity contribution in [3.63, 3.8) is 0 Å². The van der Waals surface area contributed by atoms with Gasteiger partial charge in [0.15, 0.2) is 0 Å². The van der Waals surface area contributed by atoms with Gasteiger partial charge in [-0.2, -0.15) is 0 Å². The fourth-order valence-corrected chi connectivity index (χ4v) is 4.17. The SMILES string of the molecule is O=C(O)N(CCc1ccccc1)[C@H](c1ccccc1)C(O)(c1cccnc1)c1cccnc1. The molecule has 2 aromatic heterocycles. The minimum Gasteiger partial charge on any atom is -0.465 e. The van der Waals surface area contributed by atoms with Crippen LogP contribution in [0.1, 0.15) is 28.3 Å². The number of nitrogens with zero attached hydrogens (tertiary/aromatic N) is 3. The number of hydrogen-bond acceptors (Lipinski definition) is 4. The van der Waals surface area contributed by atoms with E-state index in [9.17, 15) is 15.0 Å². The maximum Gasteiger partial charge on any atom is 0.407 e. The molecule has 166 valence electrons. The quantitative estimate of drug-likeness (QED) is 0.416. The van der Waals surface area contributed by atoms with Crippen LogP contribution in [0.25, 0.3) is 0 Å². The Morgan fingerprint density at radius 2 is 1.36 bits per heavy atom. The van der Waals surface area contributed by atoms with Crippen LogP contribution in [-0.2, 0) is 12.0 Å². The molecule has 2 N–H and O–H groups in total. The molecule has 0 radical (unpaired) electrons. The molecule has 4 rings (SSSR count). The summed E-state index contributed by atoms with van der Waals surface area (Å²) in [6.07, 6.45) is 5.77. The molecular formula is C27H25N3O3. The Bertz CT molecular complexity index is 1120. The first kappa shape index (κ1) is 22.2. The number of benzene rings is 2. The van der Waals surface area contributed by atoms with Crippen LogP contribution in [0.2, 0.25) is 0 Å². The second-order valence-corrected chi connectivity index (χ2v) is 7.77. The van der Waals surface area contributed by atoms with Gasteiger partial charge in [0.2, 0.25) is 0 Å². The Morgan fingerprint density at radius 1 is 0.818 bits per heavy atom. The van der Waals surface area contributed by atoms with Crippen molar-refractivity contribution in [2.75, 3.05) is 6.54 Å². The molecule has 1 amide bonds. The molecule has 0 saturated carbocycles. The molecule has 0 fully saturated rings. The zero-order valence-corrected chi connectivity index (χ0v) is 18.0. The number of aromatic nitrogens is 2. The molecular weight excluding hydrogens is 414 g/mol. The third-order valence-corrected chi connectivity index (χ3v) is 5.76. The summed E-state index contributed by atoms with van der Waals surface area (Å²) in [6, 6.07) is 25.0. The number of hydrogen-bond donors (Lipinski definition) is 2. The van der Waals surface area contributed by atoms with E-state index in [2.05, 4.69) is 9.97 Å². The molecule has 0 saturated heterocycles. The van der Waals surface area contributed by atoms with Crippen molar-refractivity contribution in [3.05, 3.63) is 132 Å². The summed E-state index contributed by atoms with van der Waals surface area (Å²) in [6.45, 7) is 0.196. The Balaban J connectivity index is 1.87. The third-order valence-electron chi connectivity index (χ3n) is 5.76. The first-order chi connectivity index (χ1) is 16.1. The number of pyridine rings is 2. The van der Waals surface area contributed by atoms with E-state index in [4.69, 9.17) is 0 Å². The summed E-state index contributed by atoms with van der Waals surface area (Å²) < 4.78 is 0. The number of aliphatic hydroxyl groups is 1. The van der Waals surface area contributed by atoms with Crippen LogP contribution in [0.4, 0.5) is 4.79 Å². The first-order valence-electron chi connectivity index (χ1n) is 10.7. The minimum absolute atomic E-state index is 0.196. The van der Waals surface area contributed by atoms with E-state index in [-0.39, 0.29) is 6.54 Å². The summed E-state index contributed by atoms with van der Waals surface area (Å²) in [5, 5.41) is 22.7. The molecule has 0 aliphatic carbocycles. The van der Waals surface area contributed by atoms with Gasteiger partial charge in [-0.3, -0.25) is 14.9 Å². The van der Waals surface area contributed by atoms with E-state index < -0.39 is 17.7 Å². The van der Waals surface area contributed by atoms with Gasteiger partial charge in [-0.1, -0.05) is 72.8 Å². The average molecular weight is 440 g/mol. The molecule has 33 heavy (non-hydrogen) atoms. The Morgan fingerprint density at radius 3 is 1.85 bits per heavy atom. The largest absolute Gasteiger partial charge is 0.465 e. The van der Waals surface area contributed by atoms with Crippen LogP contribution in [0.5, 0.6) is 0 Å². The number of rotatable bonds is 8. The van der Waals surface area contributed by atoms with Crippen LogP contribution in [0.3, 0.4) is 0 Å². The van der Waals surface area contributed by atoms with E-state index in [1.165, 1.54) is 4.90 Å². The summed E-state index contributed by atoms with van der Waals surface area (Å²) in [5.41, 5.74) is 0.930. The molecule has 0 aliphatic heterocycles. The normalized spacial score (nSPS) is 12.2. The van der Waals surface area contributed by atoms with Gasteiger partial charge in [-0.05, 0) is 29.7 Å². The van der Waals surface area contributed by atoms with Gasteiger partial charge < -0.3 is 10.2 Å². The minimum atomic E-state index is -1.72. The molecule has 0 unspecified atom stereocenters. The first-order valence-corrected chi connectivity index (χ1v) is 10.7. The van der Waals surface area contributed by atoms with Crippen LogP contribution in [0, 0.1) is 0 Å². The monoisotopic (exact) mass is 439 g/mol. The van der Waals surface area contributed by atoms with Gasteiger partial charge in [0.1, 0.15) is 5.60 Å². The second-order valence-electron chi connectivity index (χ2n) is 7.77. The molecule has 0 aliphatic rings. The van der Waals surface area contributed by atoms with Crippen LogP contribution in [0.15, 0.2) is 110 Å². The zero-order valence-electron chi connectivity index (χ0n) is 18.0. The van der Waals surface area contributed by atoms with Gasteiger partial charge in [-0.15, -0.1) is 0 Å². The van der Waals surface area contributed by atoms with Crippen molar-refractivity contribution >= 4 is 6.09 Å². The van der Waals surface area contributed by atoms with Crippen LogP contribution < -0.4 is 0 Å². The number of carbonyl (C=O) groups is 1. The topological polar surface area (TPSA) is 86.5 Å². The molecule has 0 spiro atoms. The lowest BCUT2D eigenvalue weighted by Crippen LogP contribution is -2.48. The molecule has 1 atom stereocenters. The maximum atomic E-state index is 12.6. The highest BCUT2D eigenvalue weighted by molar-refractivity contribution is 5.67. The Kier molecular flexibility index (Phi) is 6.76. The number of carboxylic acid groups (broad SMARTS) is 1. The van der Waals surface area contributed by atoms with E-state index in [0.29, 0.717) is 23.1 Å². The van der Waals surface area contributed by atoms with Crippen LogP contribution in [-0.4, -0.2) is 37.7 Å². The third kappa shape index (κ3) is 4.76. The van der Waals surface area contributed by atoms with Crippen molar-refractivity contribution in [1.82, 2.24) is 14.9 Å². The van der Waals surface area contributed by atoms with Gasteiger partial charge in [0.05, 0.1) is 6.04 Å². The van der Waals surface area contributed by atoms with Gasteiger partial charge in [-0.25, -0.2) is 4.79 Å². The van der Waals surface area contributed by atoms with Crippen molar-refractivity contribution < 1.29 is 15.0 Å². The molecule has 2 heterocycles. The van der Waals surface area contributed by atoms with Crippen molar-refractivity contribution in [1.29, 1.82) is 0 Å². The lowest BCUT2D eigenvalue weighted by atomic mass is 9.77. The highest BCUT2D eigenvalue weighted by Crippen LogP contribution is 2.44. The lowest BCUT2D eigenvalue weighted by Gasteiger charge is -2.42. The van der Waals surface area contributed by atoms with E-state index in [0.717, 1.165) is 5.56 Å². The lowest BCUT2D eigenvalue weighted by molar-refractivity contribution is -0.0170.